The molecule has 1 fully saturated rings. The molecule has 4 rings (SSSR count). The Morgan fingerprint density at radius 1 is 1.09 bits per heavy atom. The molecule has 0 spiro atoms. The van der Waals surface area contributed by atoms with Crippen LogP contribution < -0.4 is 5.32 Å². The molecule has 1 saturated heterocycles. The summed E-state index contributed by atoms with van der Waals surface area (Å²) in [5.41, 5.74) is 0.518. The highest BCUT2D eigenvalue weighted by molar-refractivity contribution is 7.99. The van der Waals surface area contributed by atoms with E-state index in [0.29, 0.717) is 35.5 Å². The van der Waals surface area contributed by atoms with E-state index < -0.39 is 16.0 Å². The molecule has 32 heavy (non-hydrogen) atoms. The predicted molar refractivity (Wildman–Crippen MR) is 130 cm³/mol. The summed E-state index contributed by atoms with van der Waals surface area (Å²) in [7, 11) is -3.94. The van der Waals surface area contributed by atoms with E-state index in [2.05, 4.69) is 10.3 Å². The maximum Gasteiger partial charge on any atom is 0.337 e. The zero-order chi connectivity index (χ0) is 23.0. The van der Waals surface area contributed by atoms with Crippen molar-refractivity contribution in [1.29, 1.82) is 0 Å². The Balaban J connectivity index is 1.97. The van der Waals surface area contributed by atoms with Gasteiger partial charge in [-0.1, -0.05) is 34.8 Å². The van der Waals surface area contributed by atoms with Crippen molar-refractivity contribution in [2.45, 2.75) is 4.90 Å². The van der Waals surface area contributed by atoms with E-state index in [1.807, 2.05) is 0 Å². The summed E-state index contributed by atoms with van der Waals surface area (Å²) in [6.07, 6.45) is 1.23. The van der Waals surface area contributed by atoms with Crippen LogP contribution in [0.5, 0.6) is 0 Å². The first-order chi connectivity index (χ1) is 15.2. The number of aromatic nitrogens is 1. The molecular formula is C20H16Cl3N3O4S2. The molecule has 2 N–H and O–H groups in total. The molecular weight excluding hydrogens is 517 g/mol. The minimum Gasteiger partial charge on any atom is -0.478 e. The highest BCUT2D eigenvalue weighted by Gasteiger charge is 2.31. The van der Waals surface area contributed by atoms with Gasteiger partial charge in [-0.2, -0.15) is 16.1 Å². The fourth-order valence-corrected chi connectivity index (χ4v) is 6.79. The molecule has 168 valence electrons. The largest absolute Gasteiger partial charge is 0.478 e. The SMILES string of the molecule is O=C(O)c1cc(Cl)ccc1Nc1c(S(=O)(=O)N2CCSCC2)cnc2c(Cl)cc(Cl)cc12. The van der Waals surface area contributed by atoms with Crippen LogP contribution in [-0.2, 0) is 10.0 Å². The molecule has 3 aromatic rings. The van der Waals surface area contributed by atoms with Crippen molar-refractivity contribution in [3.05, 3.63) is 57.2 Å². The van der Waals surface area contributed by atoms with Crippen LogP contribution in [-0.4, -0.2) is 53.4 Å². The number of nitrogens with one attached hydrogen (secondary N) is 1. The number of carboxylic acids is 1. The van der Waals surface area contributed by atoms with Gasteiger partial charge in [-0.05, 0) is 30.3 Å². The number of anilines is 2. The van der Waals surface area contributed by atoms with E-state index in [9.17, 15) is 18.3 Å². The Kier molecular flexibility index (Phi) is 6.76. The van der Waals surface area contributed by atoms with Crippen LogP contribution in [0.25, 0.3) is 10.9 Å². The van der Waals surface area contributed by atoms with Gasteiger partial charge in [-0.25, -0.2) is 13.2 Å². The maximum atomic E-state index is 13.5. The Labute approximate surface area is 203 Å². The number of halogens is 3. The van der Waals surface area contributed by atoms with Crippen molar-refractivity contribution in [3.63, 3.8) is 0 Å². The van der Waals surface area contributed by atoms with Gasteiger partial charge < -0.3 is 10.4 Å². The summed E-state index contributed by atoms with van der Waals surface area (Å²) in [6, 6.07) is 7.31. The predicted octanol–water partition coefficient (Wildman–Crippen LogP) is 5.37. The molecule has 1 aliphatic heterocycles. The van der Waals surface area contributed by atoms with E-state index in [1.165, 1.54) is 34.8 Å². The van der Waals surface area contributed by atoms with Crippen molar-refractivity contribution < 1.29 is 18.3 Å². The molecule has 0 saturated carbocycles. The molecule has 0 unspecified atom stereocenters. The number of fused-ring (bicyclic) bond motifs is 1. The van der Waals surface area contributed by atoms with Crippen molar-refractivity contribution in [3.8, 4) is 0 Å². The van der Waals surface area contributed by atoms with Gasteiger partial charge in [-0.3, -0.25) is 4.98 Å². The van der Waals surface area contributed by atoms with Crippen molar-refractivity contribution in [2.75, 3.05) is 29.9 Å². The van der Waals surface area contributed by atoms with Gasteiger partial charge in [0, 0.05) is 46.2 Å². The Hall–Kier alpha value is -1.75. The van der Waals surface area contributed by atoms with Gasteiger partial charge in [0.05, 0.1) is 27.5 Å². The molecule has 0 bridgehead atoms. The number of aromatic carboxylic acids is 1. The summed E-state index contributed by atoms with van der Waals surface area (Å²) in [5.74, 6) is 0.143. The van der Waals surface area contributed by atoms with Crippen LogP contribution >= 0.6 is 46.6 Å². The van der Waals surface area contributed by atoms with Crippen LogP contribution in [0, 0.1) is 0 Å². The fraction of sp³-hybridized carbons (Fsp3) is 0.200. The third-order valence-electron chi connectivity index (χ3n) is 4.91. The molecule has 2 aromatic carbocycles. The highest BCUT2D eigenvalue weighted by Crippen LogP contribution is 2.39. The van der Waals surface area contributed by atoms with Crippen molar-refractivity contribution >= 4 is 84.8 Å². The van der Waals surface area contributed by atoms with E-state index in [4.69, 9.17) is 34.8 Å². The summed E-state index contributed by atoms with van der Waals surface area (Å²) >= 11 is 20.2. The first-order valence-electron chi connectivity index (χ1n) is 9.34. The summed E-state index contributed by atoms with van der Waals surface area (Å²) in [5, 5.41) is 13.7. The molecule has 1 aliphatic rings. The van der Waals surface area contributed by atoms with Gasteiger partial charge in [0.1, 0.15) is 4.90 Å². The average Bonchev–Trinajstić information content (AvgIpc) is 2.75. The number of carbonyl (C=O) groups is 1. The number of pyridine rings is 1. The van der Waals surface area contributed by atoms with Crippen LogP contribution in [0.2, 0.25) is 15.1 Å². The standard InChI is InChI=1S/C20H16Cl3N3O4S2/c21-11-1-2-16(13(7-11)20(27)28)25-19-14-8-12(22)9-15(23)18(14)24-10-17(19)32(29,30)26-3-5-31-6-4-26/h1-2,7-10H,3-6H2,(H,24,25)(H,27,28). The number of thioether (sulfide) groups is 1. The smallest absolute Gasteiger partial charge is 0.337 e. The third-order valence-corrected chi connectivity index (χ3v) is 8.51. The quantitative estimate of drug-likeness (QED) is 0.455. The second-order valence-corrected chi connectivity index (χ2v) is 11.3. The first kappa shape index (κ1) is 23.4. The molecule has 7 nitrogen and oxygen atoms in total. The molecule has 1 aromatic heterocycles. The summed E-state index contributed by atoms with van der Waals surface area (Å²) in [4.78, 5) is 16.0. The van der Waals surface area contributed by atoms with Gasteiger partial charge in [-0.15, -0.1) is 0 Å². The van der Waals surface area contributed by atoms with Gasteiger partial charge in [0.25, 0.3) is 0 Å². The minimum atomic E-state index is -3.94. The fourth-order valence-electron chi connectivity index (χ4n) is 3.40. The van der Waals surface area contributed by atoms with Gasteiger partial charge in [0.2, 0.25) is 10.0 Å². The Morgan fingerprint density at radius 3 is 2.50 bits per heavy atom. The topological polar surface area (TPSA) is 99.6 Å². The third kappa shape index (κ3) is 4.50. The second kappa shape index (κ2) is 9.24. The molecule has 0 atom stereocenters. The van der Waals surface area contributed by atoms with Crippen LogP contribution in [0.3, 0.4) is 0 Å². The minimum absolute atomic E-state index is 0.0958. The van der Waals surface area contributed by atoms with E-state index in [1.54, 1.807) is 17.8 Å². The lowest BCUT2D eigenvalue weighted by molar-refractivity contribution is 0.0698. The number of sulfonamides is 1. The number of carboxylic acid groups (broad SMARTS) is 1. The van der Waals surface area contributed by atoms with Crippen molar-refractivity contribution in [1.82, 2.24) is 9.29 Å². The Morgan fingerprint density at radius 2 is 1.81 bits per heavy atom. The zero-order valence-corrected chi connectivity index (χ0v) is 20.2. The van der Waals surface area contributed by atoms with Crippen LogP contribution in [0.4, 0.5) is 11.4 Å². The second-order valence-electron chi connectivity index (χ2n) is 6.92. The molecule has 0 amide bonds. The lowest BCUT2D eigenvalue weighted by Gasteiger charge is -2.27. The number of benzene rings is 2. The van der Waals surface area contributed by atoms with Gasteiger partial charge >= 0.3 is 5.97 Å². The normalized spacial score (nSPS) is 15.1. The number of hydrogen-bond donors (Lipinski definition) is 2. The zero-order valence-electron chi connectivity index (χ0n) is 16.3. The van der Waals surface area contributed by atoms with Crippen molar-refractivity contribution in [2.24, 2.45) is 0 Å². The first-order valence-corrected chi connectivity index (χ1v) is 13.1. The highest BCUT2D eigenvalue weighted by atomic mass is 35.5. The lowest BCUT2D eigenvalue weighted by Crippen LogP contribution is -2.38. The van der Waals surface area contributed by atoms with Crippen LogP contribution in [0.1, 0.15) is 10.4 Å². The average molecular weight is 533 g/mol. The number of hydrogen-bond acceptors (Lipinski definition) is 6. The molecule has 0 radical (unpaired) electrons. The molecule has 2 heterocycles. The van der Waals surface area contributed by atoms with E-state index >= 15 is 0 Å². The van der Waals surface area contributed by atoms with Crippen LogP contribution in [0.15, 0.2) is 41.4 Å². The Bertz CT molecular complexity index is 1330. The maximum absolute atomic E-state index is 13.5. The lowest BCUT2D eigenvalue weighted by atomic mass is 10.1. The number of nitrogens with zero attached hydrogens (tertiary/aromatic N) is 2. The van der Waals surface area contributed by atoms with E-state index in [-0.39, 0.29) is 36.9 Å². The summed E-state index contributed by atoms with van der Waals surface area (Å²) in [6.45, 7) is 0.726. The molecule has 0 aliphatic carbocycles. The number of rotatable bonds is 5. The molecule has 12 heteroatoms. The monoisotopic (exact) mass is 531 g/mol. The van der Waals surface area contributed by atoms with E-state index in [0.717, 1.165) is 0 Å². The summed E-state index contributed by atoms with van der Waals surface area (Å²) < 4.78 is 28.4. The van der Waals surface area contributed by atoms with Gasteiger partial charge in [0.15, 0.2) is 0 Å².